The molecule has 1 heterocycles. The number of methoxy groups -OCH3 is 1. The highest BCUT2D eigenvalue weighted by molar-refractivity contribution is 7.17. The van der Waals surface area contributed by atoms with Crippen molar-refractivity contribution in [1.29, 1.82) is 0 Å². The zero-order chi connectivity index (χ0) is 19.9. The van der Waals surface area contributed by atoms with Gasteiger partial charge in [-0.3, -0.25) is 0 Å². The van der Waals surface area contributed by atoms with Gasteiger partial charge in [-0.2, -0.15) is 0 Å². The number of carboxylic acids is 1. The summed E-state index contributed by atoms with van der Waals surface area (Å²) in [7, 11) is 1.62. The molecule has 0 saturated carbocycles. The van der Waals surface area contributed by atoms with E-state index in [0.29, 0.717) is 41.0 Å². The highest BCUT2D eigenvalue weighted by Crippen LogP contribution is 2.29. The minimum atomic E-state index is -0.933. The van der Waals surface area contributed by atoms with Crippen LogP contribution in [-0.4, -0.2) is 36.4 Å². The van der Waals surface area contributed by atoms with Gasteiger partial charge in [-0.15, -0.1) is 11.3 Å². The van der Waals surface area contributed by atoms with Gasteiger partial charge in [0.15, 0.2) is 0 Å². The number of thiazole rings is 1. The quantitative estimate of drug-likeness (QED) is 0.533. The van der Waals surface area contributed by atoms with E-state index in [-0.39, 0.29) is 0 Å². The maximum atomic E-state index is 11.3. The molecule has 0 bridgehead atoms. The number of carboxylic acid groups (broad SMARTS) is 1. The van der Waals surface area contributed by atoms with E-state index in [1.807, 2.05) is 55.5 Å². The van der Waals surface area contributed by atoms with Crippen LogP contribution in [0, 0.1) is 0 Å². The van der Waals surface area contributed by atoms with Crippen molar-refractivity contribution in [3.05, 3.63) is 59.1 Å². The molecule has 6 nitrogen and oxygen atoms in total. The molecule has 1 aromatic heterocycles. The van der Waals surface area contributed by atoms with E-state index in [1.54, 1.807) is 7.11 Å². The maximum Gasteiger partial charge on any atom is 0.347 e. The average Bonchev–Trinajstić information content (AvgIpc) is 3.17. The van der Waals surface area contributed by atoms with E-state index in [1.165, 1.54) is 11.3 Å². The zero-order valence-electron chi connectivity index (χ0n) is 15.7. The van der Waals surface area contributed by atoms with Crippen LogP contribution in [0.3, 0.4) is 0 Å². The van der Waals surface area contributed by atoms with Gasteiger partial charge < -0.3 is 19.3 Å². The molecular formula is C21H21NO5S. The predicted octanol–water partition coefficient (Wildman–Crippen LogP) is 4.54. The Balaban J connectivity index is 1.53. The number of rotatable bonds is 9. The van der Waals surface area contributed by atoms with Crippen molar-refractivity contribution in [2.45, 2.75) is 13.3 Å². The second-order valence-corrected chi connectivity index (χ2v) is 6.85. The molecule has 2 aromatic carbocycles. The van der Waals surface area contributed by atoms with Crippen LogP contribution < -0.4 is 14.2 Å². The lowest BCUT2D eigenvalue weighted by molar-refractivity contribution is 0.0701. The van der Waals surface area contributed by atoms with E-state index >= 15 is 0 Å². The van der Waals surface area contributed by atoms with Crippen molar-refractivity contribution in [3.8, 4) is 27.8 Å². The molecule has 0 fully saturated rings. The predicted molar refractivity (Wildman–Crippen MR) is 108 cm³/mol. The molecule has 0 aliphatic heterocycles. The first-order chi connectivity index (χ1) is 13.6. The highest BCUT2D eigenvalue weighted by Gasteiger charge is 2.16. The van der Waals surface area contributed by atoms with Crippen LogP contribution in [0.5, 0.6) is 17.2 Å². The number of aryl methyl sites for hydroxylation is 1. The van der Waals surface area contributed by atoms with Gasteiger partial charge >= 0.3 is 5.97 Å². The van der Waals surface area contributed by atoms with E-state index in [9.17, 15) is 9.90 Å². The Morgan fingerprint density at radius 3 is 1.96 bits per heavy atom. The molecule has 146 valence electrons. The van der Waals surface area contributed by atoms with Gasteiger partial charge in [0, 0.05) is 5.56 Å². The molecular weight excluding hydrogens is 378 g/mol. The standard InChI is InChI=1S/C21H21NO5S/c1-3-18-19(21(23)24)28-20(22-18)14-4-6-16(7-5-14)26-12-13-27-17-10-8-15(25-2)9-11-17/h4-11H,3,12-13H2,1-2H3,(H,23,24). The number of aromatic carboxylic acids is 1. The van der Waals surface area contributed by atoms with Crippen molar-refractivity contribution in [1.82, 2.24) is 4.98 Å². The topological polar surface area (TPSA) is 77.9 Å². The first-order valence-corrected chi connectivity index (χ1v) is 9.65. The minimum absolute atomic E-state index is 0.300. The summed E-state index contributed by atoms with van der Waals surface area (Å²) in [6.07, 6.45) is 0.591. The Bertz CT molecular complexity index is 919. The molecule has 0 radical (unpaired) electrons. The second-order valence-electron chi connectivity index (χ2n) is 5.85. The van der Waals surface area contributed by atoms with E-state index in [2.05, 4.69) is 4.98 Å². The summed E-state index contributed by atoms with van der Waals surface area (Å²) >= 11 is 1.19. The summed E-state index contributed by atoms with van der Waals surface area (Å²) in [5, 5.41) is 9.96. The van der Waals surface area contributed by atoms with E-state index < -0.39 is 5.97 Å². The number of nitrogens with zero attached hydrogens (tertiary/aromatic N) is 1. The lowest BCUT2D eigenvalue weighted by Crippen LogP contribution is -2.08. The normalized spacial score (nSPS) is 10.5. The van der Waals surface area contributed by atoms with Crippen molar-refractivity contribution in [2.75, 3.05) is 20.3 Å². The van der Waals surface area contributed by atoms with Crippen LogP contribution in [0.1, 0.15) is 22.3 Å². The second kappa shape index (κ2) is 9.23. The largest absolute Gasteiger partial charge is 0.497 e. The fourth-order valence-corrected chi connectivity index (χ4v) is 3.56. The molecule has 0 saturated heterocycles. The number of aromatic nitrogens is 1. The fraction of sp³-hybridized carbons (Fsp3) is 0.238. The minimum Gasteiger partial charge on any atom is -0.497 e. The third kappa shape index (κ3) is 4.80. The molecule has 28 heavy (non-hydrogen) atoms. The van der Waals surface area contributed by atoms with Gasteiger partial charge in [0.05, 0.1) is 12.8 Å². The third-order valence-corrected chi connectivity index (χ3v) is 5.14. The lowest BCUT2D eigenvalue weighted by Gasteiger charge is -2.09. The molecule has 7 heteroatoms. The smallest absolute Gasteiger partial charge is 0.347 e. The lowest BCUT2D eigenvalue weighted by atomic mass is 10.2. The summed E-state index contributed by atoms with van der Waals surface area (Å²) in [6, 6.07) is 14.8. The maximum absolute atomic E-state index is 11.3. The Kier molecular flexibility index (Phi) is 6.49. The number of carbonyl (C=O) groups is 1. The zero-order valence-corrected chi connectivity index (χ0v) is 16.5. The van der Waals surface area contributed by atoms with Crippen molar-refractivity contribution >= 4 is 17.3 Å². The highest BCUT2D eigenvalue weighted by atomic mass is 32.1. The van der Waals surface area contributed by atoms with Crippen LogP contribution >= 0.6 is 11.3 Å². The summed E-state index contributed by atoms with van der Waals surface area (Å²) in [5.41, 5.74) is 1.48. The first kappa shape index (κ1) is 19.7. The van der Waals surface area contributed by atoms with Crippen molar-refractivity contribution < 1.29 is 24.1 Å². The van der Waals surface area contributed by atoms with E-state index in [4.69, 9.17) is 14.2 Å². The van der Waals surface area contributed by atoms with E-state index in [0.717, 1.165) is 17.1 Å². The first-order valence-electron chi connectivity index (χ1n) is 8.83. The number of hydrogen-bond acceptors (Lipinski definition) is 6. The molecule has 0 spiro atoms. The van der Waals surface area contributed by atoms with Gasteiger partial charge in [-0.25, -0.2) is 9.78 Å². The van der Waals surface area contributed by atoms with Crippen LogP contribution in [0.2, 0.25) is 0 Å². The molecule has 3 aromatic rings. The van der Waals surface area contributed by atoms with Gasteiger partial charge in [0.25, 0.3) is 0 Å². The van der Waals surface area contributed by atoms with Crippen LogP contribution in [0.25, 0.3) is 10.6 Å². The van der Waals surface area contributed by atoms with Gasteiger partial charge in [0.2, 0.25) is 0 Å². The Labute approximate surface area is 167 Å². The SMILES string of the molecule is CCc1nc(-c2ccc(OCCOc3ccc(OC)cc3)cc2)sc1C(=O)O. The molecule has 0 aliphatic carbocycles. The summed E-state index contributed by atoms with van der Waals surface area (Å²) < 4.78 is 16.4. The van der Waals surface area contributed by atoms with Gasteiger partial charge in [-0.05, 0) is 55.0 Å². The van der Waals surface area contributed by atoms with Crippen LogP contribution in [0.15, 0.2) is 48.5 Å². The summed E-state index contributed by atoms with van der Waals surface area (Å²) in [5.74, 6) is 1.32. The Morgan fingerprint density at radius 1 is 0.964 bits per heavy atom. The number of hydrogen-bond donors (Lipinski definition) is 1. The van der Waals surface area contributed by atoms with Crippen molar-refractivity contribution in [2.24, 2.45) is 0 Å². The fourth-order valence-electron chi connectivity index (χ4n) is 2.57. The summed E-state index contributed by atoms with van der Waals surface area (Å²) in [4.78, 5) is 16.0. The molecule has 0 unspecified atom stereocenters. The van der Waals surface area contributed by atoms with Crippen LogP contribution in [0.4, 0.5) is 0 Å². The molecule has 0 atom stereocenters. The number of ether oxygens (including phenoxy) is 3. The van der Waals surface area contributed by atoms with Crippen molar-refractivity contribution in [3.63, 3.8) is 0 Å². The molecule has 0 aliphatic rings. The average molecular weight is 399 g/mol. The summed E-state index contributed by atoms with van der Waals surface area (Å²) in [6.45, 7) is 2.73. The van der Waals surface area contributed by atoms with Gasteiger partial charge in [-0.1, -0.05) is 6.92 Å². The number of benzene rings is 2. The molecule has 3 rings (SSSR count). The monoisotopic (exact) mass is 399 g/mol. The molecule has 1 N–H and O–H groups in total. The molecule has 0 amide bonds. The van der Waals surface area contributed by atoms with Crippen LogP contribution in [-0.2, 0) is 6.42 Å². The Morgan fingerprint density at radius 2 is 1.50 bits per heavy atom. The third-order valence-electron chi connectivity index (χ3n) is 4.01. The Hall–Kier alpha value is -3.06. The van der Waals surface area contributed by atoms with Gasteiger partial charge in [0.1, 0.15) is 40.3 Å².